The number of aromatic amines is 1. The number of rotatable bonds is 2. The summed E-state index contributed by atoms with van der Waals surface area (Å²) in [4.78, 5) is 43.8. The van der Waals surface area contributed by atoms with Crippen LogP contribution >= 0.6 is 11.6 Å². The van der Waals surface area contributed by atoms with Crippen LogP contribution in [-0.2, 0) is 0 Å². The van der Waals surface area contributed by atoms with Gasteiger partial charge in [-0.3, -0.25) is 19.5 Å². The normalized spacial score (nSPS) is 11.2. The van der Waals surface area contributed by atoms with Crippen molar-refractivity contribution in [3.8, 4) is 11.6 Å². The Hall–Kier alpha value is -3.97. The smallest absolute Gasteiger partial charge is 0.268 e. The van der Waals surface area contributed by atoms with Crippen LogP contribution < -0.4 is 16.7 Å². The maximum Gasteiger partial charge on any atom is 0.280 e. The van der Waals surface area contributed by atoms with Crippen LogP contribution in [0.4, 0.5) is 0 Å². The van der Waals surface area contributed by atoms with Crippen molar-refractivity contribution in [2.24, 2.45) is 0 Å². The van der Waals surface area contributed by atoms with E-state index < -0.39 is 16.7 Å². The van der Waals surface area contributed by atoms with Crippen molar-refractivity contribution in [2.75, 3.05) is 0 Å². The summed E-state index contributed by atoms with van der Waals surface area (Å²) in [5.41, 5.74) is -0.656. The summed E-state index contributed by atoms with van der Waals surface area (Å²) >= 11 is 6.36. The Morgan fingerprint density at radius 3 is 2.13 bits per heavy atom. The molecule has 0 fully saturated rings. The molecule has 3 aromatic carbocycles. The van der Waals surface area contributed by atoms with E-state index in [0.717, 1.165) is 4.68 Å². The van der Waals surface area contributed by atoms with Gasteiger partial charge in [0, 0.05) is 0 Å². The predicted octanol–water partition coefficient (Wildman–Crippen LogP) is 3.03. The number of nitrogens with zero attached hydrogens (tertiary/aromatic N) is 3. The maximum absolute atomic E-state index is 13.4. The second-order valence-electron chi connectivity index (χ2n) is 6.65. The molecule has 8 heteroatoms. The van der Waals surface area contributed by atoms with Gasteiger partial charge in [-0.25, -0.2) is 9.55 Å². The summed E-state index contributed by atoms with van der Waals surface area (Å²) in [6.07, 6.45) is 0. The fourth-order valence-corrected chi connectivity index (χ4v) is 3.68. The number of aromatic nitrogens is 4. The molecule has 0 spiro atoms. The summed E-state index contributed by atoms with van der Waals surface area (Å²) in [5, 5.41) is 3.67. The minimum absolute atomic E-state index is 0.0559. The van der Waals surface area contributed by atoms with Crippen LogP contribution in [-0.4, -0.2) is 19.3 Å². The third kappa shape index (κ3) is 2.67. The van der Waals surface area contributed by atoms with E-state index in [9.17, 15) is 14.4 Å². The molecular formula is C22H13ClN4O3. The molecule has 7 nitrogen and oxygen atoms in total. The Balaban J connectivity index is 1.99. The van der Waals surface area contributed by atoms with Gasteiger partial charge >= 0.3 is 0 Å². The number of para-hydroxylation sites is 2. The average Bonchev–Trinajstić information content (AvgIpc) is 2.77. The molecule has 2 aromatic heterocycles. The largest absolute Gasteiger partial charge is 0.280 e. The molecule has 2 heterocycles. The van der Waals surface area contributed by atoms with Crippen molar-refractivity contribution < 1.29 is 0 Å². The highest BCUT2D eigenvalue weighted by Gasteiger charge is 2.19. The summed E-state index contributed by atoms with van der Waals surface area (Å²) < 4.78 is 2.22. The SMILES string of the molecule is O=c1[nH]n(-c2nc3ccccc3c(=O)n2-c2ccccc2Cl)c(=O)c2ccccc12. The molecule has 0 saturated heterocycles. The molecule has 5 rings (SSSR count). The zero-order chi connectivity index (χ0) is 20.8. The van der Waals surface area contributed by atoms with Gasteiger partial charge in [0.15, 0.2) is 0 Å². The third-order valence-corrected chi connectivity index (χ3v) is 5.19. The lowest BCUT2D eigenvalue weighted by atomic mass is 10.2. The first-order valence-electron chi connectivity index (χ1n) is 9.07. The van der Waals surface area contributed by atoms with Gasteiger partial charge in [-0.05, 0) is 36.4 Å². The van der Waals surface area contributed by atoms with Gasteiger partial charge in [-0.15, -0.1) is 0 Å². The van der Waals surface area contributed by atoms with Gasteiger partial charge in [0.25, 0.3) is 16.7 Å². The molecule has 0 atom stereocenters. The molecule has 0 aliphatic rings. The lowest BCUT2D eigenvalue weighted by Gasteiger charge is -2.16. The van der Waals surface area contributed by atoms with Crippen LogP contribution in [0.5, 0.6) is 0 Å². The highest BCUT2D eigenvalue weighted by atomic mass is 35.5. The minimum Gasteiger partial charge on any atom is -0.268 e. The number of hydrogen-bond acceptors (Lipinski definition) is 4. The quantitative estimate of drug-likeness (QED) is 0.479. The molecule has 0 unspecified atom stereocenters. The first-order valence-corrected chi connectivity index (χ1v) is 9.45. The minimum atomic E-state index is -0.506. The second-order valence-corrected chi connectivity index (χ2v) is 7.06. The molecule has 5 aromatic rings. The van der Waals surface area contributed by atoms with E-state index in [-0.39, 0.29) is 16.7 Å². The summed E-state index contributed by atoms with van der Waals surface area (Å²) in [6, 6.07) is 20.0. The second kappa shape index (κ2) is 6.82. The van der Waals surface area contributed by atoms with Gasteiger partial charge in [0.2, 0.25) is 5.95 Å². The van der Waals surface area contributed by atoms with Crippen molar-refractivity contribution in [3.05, 3.63) is 109 Å². The van der Waals surface area contributed by atoms with E-state index in [1.807, 2.05) is 0 Å². The Kier molecular flexibility index (Phi) is 4.11. The van der Waals surface area contributed by atoms with E-state index >= 15 is 0 Å². The van der Waals surface area contributed by atoms with E-state index in [4.69, 9.17) is 11.6 Å². The first kappa shape index (κ1) is 18.1. The van der Waals surface area contributed by atoms with Gasteiger partial charge in [0.05, 0.1) is 32.4 Å². The van der Waals surface area contributed by atoms with E-state index in [1.54, 1.807) is 72.8 Å². The van der Waals surface area contributed by atoms with Crippen molar-refractivity contribution in [3.63, 3.8) is 0 Å². The highest BCUT2D eigenvalue weighted by molar-refractivity contribution is 6.32. The topological polar surface area (TPSA) is 89.8 Å². The number of halogens is 1. The summed E-state index contributed by atoms with van der Waals surface area (Å²) in [6.45, 7) is 0. The molecule has 0 saturated carbocycles. The zero-order valence-corrected chi connectivity index (χ0v) is 16.1. The first-order chi connectivity index (χ1) is 14.6. The molecule has 0 aliphatic heterocycles. The average molecular weight is 417 g/mol. The fourth-order valence-electron chi connectivity index (χ4n) is 3.46. The molecule has 0 amide bonds. The Bertz CT molecular complexity index is 1630. The van der Waals surface area contributed by atoms with E-state index in [0.29, 0.717) is 21.6 Å². The maximum atomic E-state index is 13.4. The predicted molar refractivity (Wildman–Crippen MR) is 116 cm³/mol. The molecule has 30 heavy (non-hydrogen) atoms. The van der Waals surface area contributed by atoms with Crippen LogP contribution in [0.3, 0.4) is 0 Å². The van der Waals surface area contributed by atoms with Gasteiger partial charge in [-0.2, -0.15) is 4.68 Å². The molecule has 1 N–H and O–H groups in total. The van der Waals surface area contributed by atoms with E-state index in [1.165, 1.54) is 4.57 Å². The van der Waals surface area contributed by atoms with Gasteiger partial charge < -0.3 is 0 Å². The molecule has 0 aliphatic carbocycles. The van der Waals surface area contributed by atoms with E-state index in [2.05, 4.69) is 10.1 Å². The third-order valence-electron chi connectivity index (χ3n) is 4.87. The van der Waals surface area contributed by atoms with Crippen molar-refractivity contribution >= 4 is 33.3 Å². The number of fused-ring (bicyclic) bond motifs is 2. The summed E-state index contributed by atoms with van der Waals surface area (Å²) in [7, 11) is 0. The Labute approximate surface area is 173 Å². The van der Waals surface area contributed by atoms with Crippen LogP contribution in [0.1, 0.15) is 0 Å². The highest BCUT2D eigenvalue weighted by Crippen LogP contribution is 2.22. The number of nitrogens with one attached hydrogen (secondary N) is 1. The molecule has 0 bridgehead atoms. The van der Waals surface area contributed by atoms with Crippen LogP contribution in [0.25, 0.3) is 33.3 Å². The molecular weight excluding hydrogens is 404 g/mol. The lowest BCUT2D eigenvalue weighted by molar-refractivity contribution is 0.716. The fraction of sp³-hybridized carbons (Fsp3) is 0. The number of H-pyrrole nitrogens is 1. The Morgan fingerprint density at radius 1 is 0.733 bits per heavy atom. The van der Waals surface area contributed by atoms with Gasteiger partial charge in [-0.1, -0.05) is 48.0 Å². The van der Waals surface area contributed by atoms with Gasteiger partial charge in [0.1, 0.15) is 0 Å². The van der Waals surface area contributed by atoms with Crippen molar-refractivity contribution in [1.29, 1.82) is 0 Å². The van der Waals surface area contributed by atoms with Crippen molar-refractivity contribution in [1.82, 2.24) is 19.3 Å². The van der Waals surface area contributed by atoms with Crippen LogP contribution in [0, 0.1) is 0 Å². The Morgan fingerprint density at radius 2 is 1.37 bits per heavy atom. The number of benzene rings is 3. The molecule has 0 radical (unpaired) electrons. The standard InChI is InChI=1S/C22H13ClN4O3/c23-16-10-4-6-12-18(16)26-20(29)15-9-3-5-11-17(15)24-22(26)27-21(30)14-8-2-1-7-13(14)19(28)25-27/h1-12H,(H,25,28). The van der Waals surface area contributed by atoms with Crippen molar-refractivity contribution in [2.45, 2.75) is 0 Å². The van der Waals surface area contributed by atoms with Crippen LogP contribution in [0.15, 0.2) is 87.2 Å². The summed E-state index contributed by atoms with van der Waals surface area (Å²) in [5.74, 6) is -0.0559. The zero-order valence-electron chi connectivity index (χ0n) is 15.4. The molecule has 146 valence electrons. The number of hydrogen-bond donors (Lipinski definition) is 1. The van der Waals surface area contributed by atoms with Crippen LogP contribution in [0.2, 0.25) is 5.02 Å². The monoisotopic (exact) mass is 416 g/mol. The lowest BCUT2D eigenvalue weighted by Crippen LogP contribution is -2.34.